The zero-order valence-corrected chi connectivity index (χ0v) is 17.2. The van der Waals surface area contributed by atoms with Crippen molar-refractivity contribution in [2.24, 2.45) is 5.73 Å². The van der Waals surface area contributed by atoms with Crippen molar-refractivity contribution in [1.29, 1.82) is 5.26 Å². The normalized spacial score (nSPS) is 10.4. The molecule has 0 radical (unpaired) electrons. The van der Waals surface area contributed by atoms with Crippen molar-refractivity contribution in [1.82, 2.24) is 0 Å². The van der Waals surface area contributed by atoms with Gasteiger partial charge in [0, 0.05) is 11.8 Å². The fourth-order valence-electron chi connectivity index (χ4n) is 2.51. The second kappa shape index (κ2) is 9.62. The largest absolute Gasteiger partial charge is 0.506 e. The summed E-state index contributed by atoms with van der Waals surface area (Å²) in [5.41, 5.74) is 13.4. The number of aromatic hydroxyl groups is 1. The molecule has 0 heterocycles. The van der Waals surface area contributed by atoms with Crippen molar-refractivity contribution in [3.8, 4) is 11.8 Å². The lowest BCUT2D eigenvalue weighted by atomic mass is 10.2. The van der Waals surface area contributed by atoms with E-state index in [0.29, 0.717) is 16.9 Å². The number of primary amides is 1. The Morgan fingerprint density at radius 3 is 2.06 bits per heavy atom. The van der Waals surface area contributed by atoms with Gasteiger partial charge >= 0.3 is 6.03 Å². The lowest BCUT2D eigenvalue weighted by molar-refractivity contribution is 0.256. The average molecular weight is 440 g/mol. The van der Waals surface area contributed by atoms with Gasteiger partial charge in [-0.25, -0.2) is 4.79 Å². The SMILES string of the molecule is Cc1ccc(S(=O)(=O)O)cc1.N#Cc1ccc(N(C(N)=O)c2ccc(N)cc2O)cc1. The van der Waals surface area contributed by atoms with Crippen LogP contribution in [0.4, 0.5) is 21.9 Å². The Morgan fingerprint density at radius 2 is 1.61 bits per heavy atom. The van der Waals surface area contributed by atoms with Gasteiger partial charge in [-0.3, -0.25) is 9.45 Å². The summed E-state index contributed by atoms with van der Waals surface area (Å²) in [6.45, 7) is 1.84. The summed E-state index contributed by atoms with van der Waals surface area (Å²) < 4.78 is 29.6. The van der Waals surface area contributed by atoms with Crippen LogP contribution in [0, 0.1) is 18.3 Å². The number of aryl methyl sites for hydroxylation is 1. The van der Waals surface area contributed by atoms with Crippen LogP contribution in [0.2, 0.25) is 0 Å². The molecule has 0 saturated heterocycles. The van der Waals surface area contributed by atoms with Crippen molar-refractivity contribution in [3.63, 3.8) is 0 Å². The molecular weight excluding hydrogens is 420 g/mol. The minimum absolute atomic E-state index is 0.0666. The molecule has 0 bridgehead atoms. The van der Waals surface area contributed by atoms with Gasteiger partial charge in [-0.15, -0.1) is 0 Å². The molecule has 10 heteroatoms. The molecule has 0 atom stereocenters. The van der Waals surface area contributed by atoms with E-state index in [1.54, 1.807) is 42.5 Å². The first-order chi connectivity index (χ1) is 14.5. The van der Waals surface area contributed by atoms with E-state index in [4.69, 9.17) is 21.3 Å². The maximum atomic E-state index is 11.6. The van der Waals surface area contributed by atoms with Crippen molar-refractivity contribution in [2.45, 2.75) is 11.8 Å². The molecule has 2 amide bonds. The smallest absolute Gasteiger partial charge is 0.324 e. The summed E-state index contributed by atoms with van der Waals surface area (Å²) in [5, 5.41) is 18.6. The minimum atomic E-state index is -4.02. The molecule has 160 valence electrons. The minimum Gasteiger partial charge on any atom is -0.506 e. The second-order valence-electron chi connectivity index (χ2n) is 6.37. The molecule has 0 spiro atoms. The van der Waals surface area contributed by atoms with Crippen LogP contribution < -0.4 is 16.4 Å². The molecule has 0 aromatic heterocycles. The van der Waals surface area contributed by atoms with Crippen molar-refractivity contribution >= 4 is 33.2 Å². The van der Waals surface area contributed by atoms with E-state index < -0.39 is 16.1 Å². The number of phenolic OH excluding ortho intramolecular Hbond substituents is 1. The standard InChI is InChI=1S/C14H12N4O2.C7H8O3S/c15-8-9-1-4-11(5-2-9)18(14(17)20)12-6-3-10(16)7-13(12)19;1-6-2-4-7(5-3-6)11(8,9)10/h1-7,19H,16H2,(H2,17,20);2-5H,1H3,(H,8,9,10). The highest BCUT2D eigenvalue weighted by Crippen LogP contribution is 2.34. The maximum Gasteiger partial charge on any atom is 0.324 e. The zero-order valence-electron chi connectivity index (χ0n) is 16.4. The Bertz CT molecular complexity index is 1220. The highest BCUT2D eigenvalue weighted by molar-refractivity contribution is 7.85. The summed E-state index contributed by atoms with van der Waals surface area (Å²) in [6, 6.07) is 17.8. The Kier molecular flexibility index (Phi) is 7.20. The predicted molar refractivity (Wildman–Crippen MR) is 116 cm³/mol. The Hall–Kier alpha value is -4.07. The van der Waals surface area contributed by atoms with E-state index in [2.05, 4.69) is 0 Å². The number of nitrogens with two attached hydrogens (primary N) is 2. The summed E-state index contributed by atoms with van der Waals surface area (Å²) in [4.78, 5) is 12.7. The fourth-order valence-corrected chi connectivity index (χ4v) is 2.99. The third kappa shape index (κ3) is 6.20. The Balaban J connectivity index is 0.000000262. The molecule has 3 aromatic rings. The van der Waals surface area contributed by atoms with Crippen molar-refractivity contribution in [3.05, 3.63) is 77.9 Å². The number of hydrogen-bond donors (Lipinski definition) is 4. The van der Waals surface area contributed by atoms with Gasteiger partial charge in [0.2, 0.25) is 0 Å². The number of benzene rings is 3. The van der Waals surface area contributed by atoms with Crippen LogP contribution >= 0.6 is 0 Å². The van der Waals surface area contributed by atoms with Crippen LogP contribution in [0.25, 0.3) is 0 Å². The van der Waals surface area contributed by atoms with Crippen LogP contribution in [0.3, 0.4) is 0 Å². The lowest BCUT2D eigenvalue weighted by Crippen LogP contribution is -2.31. The first-order valence-electron chi connectivity index (χ1n) is 8.75. The highest BCUT2D eigenvalue weighted by atomic mass is 32.2. The number of nitriles is 1. The maximum absolute atomic E-state index is 11.6. The van der Waals surface area contributed by atoms with Gasteiger partial charge in [0.25, 0.3) is 10.1 Å². The first-order valence-corrected chi connectivity index (χ1v) is 10.2. The summed E-state index contributed by atoms with van der Waals surface area (Å²) >= 11 is 0. The monoisotopic (exact) mass is 440 g/mol. The number of nitrogens with zero attached hydrogens (tertiary/aromatic N) is 2. The molecule has 31 heavy (non-hydrogen) atoms. The number of anilines is 3. The Labute approximate surface area is 179 Å². The van der Waals surface area contributed by atoms with Crippen LogP contribution in [0.5, 0.6) is 5.75 Å². The summed E-state index contributed by atoms with van der Waals surface area (Å²) in [6.07, 6.45) is 0. The third-order valence-electron chi connectivity index (χ3n) is 4.03. The number of rotatable bonds is 3. The van der Waals surface area contributed by atoms with Gasteiger partial charge < -0.3 is 16.6 Å². The number of carbonyl (C=O) groups is 1. The van der Waals surface area contributed by atoms with Gasteiger partial charge in [0.1, 0.15) is 5.75 Å². The third-order valence-corrected chi connectivity index (χ3v) is 4.90. The van der Waals surface area contributed by atoms with E-state index in [1.807, 2.05) is 13.0 Å². The molecule has 3 aromatic carbocycles. The average Bonchev–Trinajstić information content (AvgIpc) is 2.70. The number of amides is 2. The first kappa shape index (κ1) is 23.2. The van der Waals surface area contributed by atoms with Gasteiger partial charge in [-0.1, -0.05) is 17.7 Å². The summed E-state index contributed by atoms with van der Waals surface area (Å²) in [7, 11) is -4.02. The van der Waals surface area contributed by atoms with Gasteiger partial charge in [-0.05, 0) is 55.5 Å². The number of hydrogen-bond acceptors (Lipinski definition) is 6. The molecule has 3 rings (SSSR count). The molecule has 9 nitrogen and oxygen atoms in total. The number of phenols is 1. The predicted octanol–water partition coefficient (Wildman–Crippen LogP) is 3.30. The quantitative estimate of drug-likeness (QED) is 0.357. The Morgan fingerprint density at radius 1 is 1.03 bits per heavy atom. The molecule has 0 aliphatic rings. The number of urea groups is 1. The van der Waals surface area contributed by atoms with Crippen molar-refractivity contribution in [2.75, 3.05) is 10.6 Å². The van der Waals surface area contributed by atoms with E-state index in [1.165, 1.54) is 24.3 Å². The molecule has 0 saturated carbocycles. The molecular formula is C21H20N4O5S. The highest BCUT2D eigenvalue weighted by Gasteiger charge is 2.18. The van der Waals surface area contributed by atoms with E-state index in [0.717, 1.165) is 10.5 Å². The topological polar surface area (TPSA) is 171 Å². The van der Waals surface area contributed by atoms with E-state index in [-0.39, 0.29) is 16.3 Å². The van der Waals surface area contributed by atoms with Gasteiger partial charge in [0.05, 0.1) is 27.9 Å². The molecule has 0 unspecified atom stereocenters. The van der Waals surface area contributed by atoms with E-state index >= 15 is 0 Å². The van der Waals surface area contributed by atoms with Crippen LogP contribution in [0.15, 0.2) is 71.6 Å². The van der Waals surface area contributed by atoms with Gasteiger partial charge in [-0.2, -0.15) is 13.7 Å². The van der Waals surface area contributed by atoms with E-state index in [9.17, 15) is 18.3 Å². The second-order valence-corrected chi connectivity index (χ2v) is 7.79. The molecule has 6 N–H and O–H groups in total. The zero-order chi connectivity index (χ0) is 23.2. The van der Waals surface area contributed by atoms with Gasteiger partial charge in [0.15, 0.2) is 0 Å². The summed E-state index contributed by atoms with van der Waals surface area (Å²) in [5.74, 6) is -0.159. The van der Waals surface area contributed by atoms with Crippen LogP contribution in [0.1, 0.15) is 11.1 Å². The van der Waals surface area contributed by atoms with Crippen LogP contribution in [-0.4, -0.2) is 24.1 Å². The lowest BCUT2D eigenvalue weighted by Gasteiger charge is -2.21. The molecule has 0 aliphatic heterocycles. The molecule has 0 fully saturated rings. The molecule has 0 aliphatic carbocycles. The van der Waals surface area contributed by atoms with Crippen molar-refractivity contribution < 1.29 is 22.9 Å². The number of carbonyl (C=O) groups excluding carboxylic acids is 1. The van der Waals surface area contributed by atoms with Crippen LogP contribution in [-0.2, 0) is 10.1 Å². The fraction of sp³-hybridized carbons (Fsp3) is 0.0476. The number of nitrogen functional groups attached to an aromatic ring is 1.